The van der Waals surface area contributed by atoms with E-state index in [1.807, 2.05) is 0 Å². The van der Waals surface area contributed by atoms with Gasteiger partial charge < -0.3 is 5.73 Å². The maximum Gasteiger partial charge on any atom is 0.214 e. The van der Waals surface area contributed by atoms with E-state index < -0.39 is 5.82 Å². The number of carbonyl (C=O) groups is 1. The summed E-state index contributed by atoms with van der Waals surface area (Å²) in [6, 6.07) is 4.36. The van der Waals surface area contributed by atoms with Crippen molar-refractivity contribution in [1.82, 2.24) is 15.2 Å². The first kappa shape index (κ1) is 12.3. The minimum atomic E-state index is -0.459. The van der Waals surface area contributed by atoms with Crippen LogP contribution in [0.4, 0.5) is 10.1 Å². The van der Waals surface area contributed by atoms with E-state index in [0.717, 1.165) is 5.56 Å². The number of halogens is 1. The molecule has 3 aromatic rings. The first-order valence-electron chi connectivity index (χ1n) is 5.97. The average molecular weight is 270 g/mol. The number of hydrogen-bond donors (Lipinski definition) is 2. The third-order valence-corrected chi connectivity index (χ3v) is 3.23. The van der Waals surface area contributed by atoms with Gasteiger partial charge in [-0.3, -0.25) is 14.9 Å². The molecule has 0 amide bonds. The van der Waals surface area contributed by atoms with Gasteiger partial charge in [-0.1, -0.05) is 0 Å². The number of aromatic amines is 1. The van der Waals surface area contributed by atoms with Crippen molar-refractivity contribution in [2.24, 2.45) is 0 Å². The van der Waals surface area contributed by atoms with Crippen molar-refractivity contribution in [3.63, 3.8) is 0 Å². The molecule has 0 saturated carbocycles. The predicted octanol–water partition coefficient (Wildman–Crippen LogP) is 2.22. The van der Waals surface area contributed by atoms with Crippen LogP contribution >= 0.6 is 0 Å². The van der Waals surface area contributed by atoms with Crippen molar-refractivity contribution < 1.29 is 9.18 Å². The normalized spacial score (nSPS) is 10.9. The number of benzene rings is 1. The molecule has 100 valence electrons. The fourth-order valence-corrected chi connectivity index (χ4v) is 2.08. The first-order valence-corrected chi connectivity index (χ1v) is 5.97. The Labute approximate surface area is 113 Å². The van der Waals surface area contributed by atoms with Crippen molar-refractivity contribution in [3.05, 3.63) is 53.2 Å². The Morgan fingerprint density at radius 3 is 2.95 bits per heavy atom. The zero-order valence-electron chi connectivity index (χ0n) is 10.6. The lowest BCUT2D eigenvalue weighted by Gasteiger charge is -2.07. The molecule has 0 aliphatic heterocycles. The third kappa shape index (κ3) is 1.73. The van der Waals surface area contributed by atoms with Gasteiger partial charge in [0.05, 0.1) is 11.9 Å². The van der Waals surface area contributed by atoms with Crippen molar-refractivity contribution >= 4 is 22.4 Å². The number of fused-ring (bicyclic) bond motifs is 1. The van der Waals surface area contributed by atoms with E-state index in [1.165, 1.54) is 24.5 Å². The lowest BCUT2D eigenvalue weighted by atomic mass is 10.0. The zero-order valence-corrected chi connectivity index (χ0v) is 10.6. The monoisotopic (exact) mass is 270 g/mol. The highest BCUT2D eigenvalue weighted by molar-refractivity contribution is 6.17. The number of H-pyrrole nitrogens is 1. The van der Waals surface area contributed by atoms with Crippen molar-refractivity contribution in [1.29, 1.82) is 0 Å². The molecule has 3 rings (SSSR count). The molecular weight excluding hydrogens is 259 g/mol. The van der Waals surface area contributed by atoms with Crippen LogP contribution in [0.2, 0.25) is 0 Å². The van der Waals surface area contributed by atoms with Gasteiger partial charge in [-0.25, -0.2) is 4.39 Å². The second-order valence-corrected chi connectivity index (χ2v) is 4.47. The molecule has 0 unspecified atom stereocenters. The predicted molar refractivity (Wildman–Crippen MR) is 72.9 cm³/mol. The zero-order chi connectivity index (χ0) is 14.3. The van der Waals surface area contributed by atoms with Gasteiger partial charge in [0, 0.05) is 17.1 Å². The lowest BCUT2D eigenvalue weighted by Crippen LogP contribution is -2.09. The molecule has 0 aliphatic rings. The fraction of sp³-hybridized carbons (Fsp3) is 0.0714. The Balaban J connectivity index is 2.21. The lowest BCUT2D eigenvalue weighted by molar-refractivity contribution is 0.103. The van der Waals surface area contributed by atoms with E-state index in [1.54, 1.807) is 13.0 Å². The maximum absolute atomic E-state index is 13.6. The van der Waals surface area contributed by atoms with Crippen molar-refractivity contribution in [2.45, 2.75) is 6.92 Å². The first-order chi connectivity index (χ1) is 9.59. The summed E-state index contributed by atoms with van der Waals surface area (Å²) in [6.07, 6.45) is 2.94. The van der Waals surface area contributed by atoms with Crippen LogP contribution in [0.5, 0.6) is 0 Å². The maximum atomic E-state index is 13.6. The number of nitrogens with zero attached hydrogens (tertiary/aromatic N) is 2. The number of pyridine rings is 1. The molecule has 0 aliphatic carbocycles. The van der Waals surface area contributed by atoms with Gasteiger partial charge in [-0.05, 0) is 30.7 Å². The quantitative estimate of drug-likeness (QED) is 0.699. The highest BCUT2D eigenvalue weighted by Crippen LogP contribution is 2.24. The standard InChI is InChI=1S/C14H11FN4O/c1-7-4-5-17-13(11(7)16)14(20)8-2-3-10(15)12-9(8)6-18-19-12/h2-6H,16H2,1H3,(H,18,19). The molecule has 0 bridgehead atoms. The van der Waals surface area contributed by atoms with E-state index in [0.29, 0.717) is 16.6 Å². The average Bonchev–Trinajstić information content (AvgIpc) is 2.92. The highest BCUT2D eigenvalue weighted by Gasteiger charge is 2.19. The van der Waals surface area contributed by atoms with Crippen molar-refractivity contribution in [3.8, 4) is 0 Å². The summed E-state index contributed by atoms with van der Waals surface area (Å²) in [5.74, 6) is -0.808. The number of aromatic nitrogens is 3. The van der Waals surface area contributed by atoms with E-state index >= 15 is 0 Å². The molecule has 0 fully saturated rings. The molecule has 2 heterocycles. The van der Waals surface area contributed by atoms with Crippen LogP contribution in [-0.4, -0.2) is 21.0 Å². The van der Waals surface area contributed by atoms with Crippen LogP contribution in [0, 0.1) is 12.7 Å². The largest absolute Gasteiger partial charge is 0.397 e. The molecule has 0 saturated heterocycles. The molecular formula is C14H11FN4O. The Kier molecular flexibility index (Phi) is 2.71. The summed E-state index contributed by atoms with van der Waals surface area (Å²) < 4.78 is 13.6. The molecule has 2 aromatic heterocycles. The van der Waals surface area contributed by atoms with Gasteiger partial charge in [-0.15, -0.1) is 0 Å². The fourth-order valence-electron chi connectivity index (χ4n) is 2.08. The highest BCUT2D eigenvalue weighted by atomic mass is 19.1. The van der Waals surface area contributed by atoms with Crippen molar-refractivity contribution in [2.75, 3.05) is 5.73 Å². The number of nitrogens with two attached hydrogens (primary N) is 1. The van der Waals surface area contributed by atoms with Crippen LogP contribution in [0.1, 0.15) is 21.6 Å². The van der Waals surface area contributed by atoms with Crippen LogP contribution in [-0.2, 0) is 0 Å². The summed E-state index contributed by atoms with van der Waals surface area (Å²) in [7, 11) is 0. The summed E-state index contributed by atoms with van der Waals surface area (Å²) in [5, 5.41) is 6.72. The summed E-state index contributed by atoms with van der Waals surface area (Å²) in [4.78, 5) is 16.6. The Hall–Kier alpha value is -2.76. The second kappa shape index (κ2) is 4.41. The molecule has 1 aromatic carbocycles. The van der Waals surface area contributed by atoms with Gasteiger partial charge in [0.1, 0.15) is 17.0 Å². The molecule has 5 nitrogen and oxygen atoms in total. The minimum Gasteiger partial charge on any atom is -0.397 e. The Morgan fingerprint density at radius 2 is 2.15 bits per heavy atom. The van der Waals surface area contributed by atoms with E-state index in [9.17, 15) is 9.18 Å². The molecule has 3 N–H and O–H groups in total. The van der Waals surface area contributed by atoms with Crippen LogP contribution in [0.15, 0.2) is 30.6 Å². The van der Waals surface area contributed by atoms with Crippen LogP contribution in [0.3, 0.4) is 0 Å². The smallest absolute Gasteiger partial charge is 0.214 e. The number of anilines is 1. The van der Waals surface area contributed by atoms with Gasteiger partial charge in [-0.2, -0.15) is 5.10 Å². The van der Waals surface area contributed by atoms with Crippen LogP contribution in [0.25, 0.3) is 10.9 Å². The Morgan fingerprint density at radius 1 is 1.35 bits per heavy atom. The van der Waals surface area contributed by atoms with E-state index in [-0.39, 0.29) is 17.0 Å². The number of carbonyl (C=O) groups excluding carboxylic acids is 1. The van der Waals surface area contributed by atoms with E-state index in [4.69, 9.17) is 5.73 Å². The van der Waals surface area contributed by atoms with Gasteiger partial charge in [0.2, 0.25) is 5.78 Å². The number of hydrogen-bond acceptors (Lipinski definition) is 4. The van der Waals surface area contributed by atoms with Gasteiger partial charge >= 0.3 is 0 Å². The van der Waals surface area contributed by atoms with Gasteiger partial charge in [0.25, 0.3) is 0 Å². The number of aryl methyl sites for hydroxylation is 1. The number of ketones is 1. The third-order valence-electron chi connectivity index (χ3n) is 3.23. The summed E-state index contributed by atoms with van der Waals surface area (Å²) in [6.45, 7) is 1.80. The molecule has 6 heteroatoms. The molecule has 20 heavy (non-hydrogen) atoms. The second-order valence-electron chi connectivity index (χ2n) is 4.47. The number of nitrogen functional groups attached to an aromatic ring is 1. The molecule has 0 radical (unpaired) electrons. The summed E-state index contributed by atoms with van der Waals surface area (Å²) >= 11 is 0. The molecule has 0 atom stereocenters. The SMILES string of the molecule is Cc1ccnc(C(=O)c2ccc(F)c3[nH]ncc23)c1N. The number of nitrogens with one attached hydrogen (secondary N) is 1. The molecule has 0 spiro atoms. The topological polar surface area (TPSA) is 84.7 Å². The summed E-state index contributed by atoms with van der Waals surface area (Å²) in [5.41, 5.74) is 7.67. The Bertz CT molecular complexity index is 825. The number of rotatable bonds is 2. The van der Waals surface area contributed by atoms with E-state index in [2.05, 4.69) is 15.2 Å². The van der Waals surface area contributed by atoms with Gasteiger partial charge in [0.15, 0.2) is 0 Å². The minimum absolute atomic E-state index is 0.166. The van der Waals surface area contributed by atoms with Crippen LogP contribution < -0.4 is 5.73 Å².